The number of oxime groups is 1. The molecule has 0 aromatic heterocycles. The fourth-order valence-corrected chi connectivity index (χ4v) is 3.06. The second kappa shape index (κ2) is 7.18. The molecule has 4 nitrogen and oxygen atoms in total. The summed E-state index contributed by atoms with van der Waals surface area (Å²) in [7, 11) is 1.66. The van der Waals surface area contributed by atoms with Crippen LogP contribution < -0.4 is 9.47 Å². The van der Waals surface area contributed by atoms with Crippen LogP contribution in [-0.4, -0.2) is 24.6 Å². The van der Waals surface area contributed by atoms with Crippen molar-refractivity contribution in [1.29, 1.82) is 0 Å². The van der Waals surface area contributed by atoms with Crippen molar-refractivity contribution in [3.05, 3.63) is 48.0 Å². The summed E-state index contributed by atoms with van der Waals surface area (Å²) in [5.41, 5.74) is 2.85. The smallest absolute Gasteiger partial charge is 0.162 e. The molecule has 1 fully saturated rings. The largest absolute Gasteiger partial charge is 0.493 e. The molecule has 4 heteroatoms. The molecule has 3 rings (SSSR count). The highest BCUT2D eigenvalue weighted by atomic mass is 16.5. The van der Waals surface area contributed by atoms with E-state index >= 15 is 0 Å². The number of rotatable bonds is 5. The number of methoxy groups -OCH3 is 1. The molecule has 2 aromatic carbocycles. The molecule has 2 aromatic rings. The summed E-state index contributed by atoms with van der Waals surface area (Å²) in [6.07, 6.45) is 6.36. The van der Waals surface area contributed by atoms with Gasteiger partial charge in [-0.15, -0.1) is 0 Å². The predicted molar refractivity (Wildman–Crippen MR) is 90.7 cm³/mol. The van der Waals surface area contributed by atoms with E-state index in [9.17, 15) is 0 Å². The molecule has 0 radical (unpaired) electrons. The maximum absolute atomic E-state index is 8.84. The van der Waals surface area contributed by atoms with E-state index in [0.29, 0.717) is 0 Å². The summed E-state index contributed by atoms with van der Waals surface area (Å²) in [4.78, 5) is 0. The van der Waals surface area contributed by atoms with Gasteiger partial charge in [0.1, 0.15) is 0 Å². The minimum atomic E-state index is 0.272. The van der Waals surface area contributed by atoms with Gasteiger partial charge in [0.05, 0.1) is 19.4 Å². The average Bonchev–Trinajstić information content (AvgIpc) is 3.09. The SMILES string of the molecule is COc1ccc(-c2ccccc2C=NO)cc1OC1CCCC1. The second-order valence-electron chi connectivity index (χ2n) is 5.72. The van der Waals surface area contributed by atoms with Gasteiger partial charge in [-0.1, -0.05) is 35.5 Å². The summed E-state index contributed by atoms with van der Waals surface area (Å²) < 4.78 is 11.6. The zero-order valence-electron chi connectivity index (χ0n) is 13.2. The maximum atomic E-state index is 8.84. The summed E-state index contributed by atoms with van der Waals surface area (Å²) >= 11 is 0. The highest BCUT2D eigenvalue weighted by Gasteiger charge is 2.19. The molecule has 0 bridgehead atoms. The number of hydrogen-bond donors (Lipinski definition) is 1. The van der Waals surface area contributed by atoms with Crippen molar-refractivity contribution in [3.8, 4) is 22.6 Å². The van der Waals surface area contributed by atoms with E-state index in [2.05, 4.69) is 5.16 Å². The van der Waals surface area contributed by atoms with Gasteiger partial charge in [-0.2, -0.15) is 0 Å². The van der Waals surface area contributed by atoms with E-state index in [0.717, 1.165) is 41.0 Å². The average molecular weight is 311 g/mol. The van der Waals surface area contributed by atoms with Crippen molar-refractivity contribution in [3.63, 3.8) is 0 Å². The van der Waals surface area contributed by atoms with E-state index in [4.69, 9.17) is 14.7 Å². The third kappa shape index (κ3) is 3.47. The van der Waals surface area contributed by atoms with E-state index in [-0.39, 0.29) is 6.10 Å². The van der Waals surface area contributed by atoms with Gasteiger partial charge >= 0.3 is 0 Å². The minimum absolute atomic E-state index is 0.272. The third-order valence-electron chi connectivity index (χ3n) is 4.23. The number of nitrogens with zero attached hydrogens (tertiary/aromatic N) is 1. The molecular weight excluding hydrogens is 290 g/mol. The fraction of sp³-hybridized carbons (Fsp3) is 0.316. The Bertz CT molecular complexity index is 691. The lowest BCUT2D eigenvalue weighted by atomic mass is 10.00. The fourth-order valence-electron chi connectivity index (χ4n) is 3.06. The van der Waals surface area contributed by atoms with Gasteiger partial charge < -0.3 is 14.7 Å². The summed E-state index contributed by atoms with van der Waals surface area (Å²) in [6.45, 7) is 0. The molecule has 23 heavy (non-hydrogen) atoms. The first-order valence-electron chi connectivity index (χ1n) is 7.93. The van der Waals surface area contributed by atoms with Gasteiger partial charge in [0, 0.05) is 5.56 Å². The highest BCUT2D eigenvalue weighted by Crippen LogP contribution is 2.36. The standard InChI is InChI=1S/C19H21NO3/c1-22-18-11-10-14(12-19(18)23-16-7-3-4-8-16)17-9-5-2-6-15(17)13-20-21/h2,5-6,9-13,16,21H,3-4,7-8H2,1H3. The molecule has 0 saturated heterocycles. The van der Waals surface area contributed by atoms with Crippen molar-refractivity contribution in [2.45, 2.75) is 31.8 Å². The van der Waals surface area contributed by atoms with Crippen molar-refractivity contribution >= 4 is 6.21 Å². The lowest BCUT2D eigenvalue weighted by Crippen LogP contribution is -2.11. The van der Waals surface area contributed by atoms with Crippen molar-refractivity contribution < 1.29 is 14.7 Å². The van der Waals surface area contributed by atoms with Gasteiger partial charge in [0.25, 0.3) is 0 Å². The Morgan fingerprint density at radius 3 is 2.61 bits per heavy atom. The first-order valence-corrected chi connectivity index (χ1v) is 7.93. The molecule has 0 spiro atoms. The zero-order valence-corrected chi connectivity index (χ0v) is 13.2. The van der Waals surface area contributed by atoms with Crippen molar-refractivity contribution in [2.75, 3.05) is 7.11 Å². The predicted octanol–water partition coefficient (Wildman–Crippen LogP) is 4.49. The van der Waals surface area contributed by atoms with Gasteiger partial charge in [-0.25, -0.2) is 0 Å². The Morgan fingerprint density at radius 2 is 1.87 bits per heavy atom. The Labute approximate surface area is 136 Å². The second-order valence-corrected chi connectivity index (χ2v) is 5.72. The lowest BCUT2D eigenvalue weighted by molar-refractivity contribution is 0.201. The van der Waals surface area contributed by atoms with Gasteiger partial charge in [0.2, 0.25) is 0 Å². The van der Waals surface area contributed by atoms with Gasteiger partial charge in [-0.05, 0) is 48.9 Å². The molecular formula is C19H21NO3. The summed E-state index contributed by atoms with van der Waals surface area (Å²) in [6, 6.07) is 13.7. The normalized spacial score (nSPS) is 15.2. The summed E-state index contributed by atoms with van der Waals surface area (Å²) in [5.74, 6) is 1.52. The summed E-state index contributed by atoms with van der Waals surface area (Å²) in [5, 5.41) is 12.0. The maximum Gasteiger partial charge on any atom is 0.162 e. The molecule has 0 amide bonds. The molecule has 120 valence electrons. The van der Waals surface area contributed by atoms with Crippen LogP contribution in [0.5, 0.6) is 11.5 Å². The Kier molecular flexibility index (Phi) is 4.81. The number of benzene rings is 2. The van der Waals surface area contributed by atoms with Crippen LogP contribution in [0.15, 0.2) is 47.6 Å². The van der Waals surface area contributed by atoms with Crippen molar-refractivity contribution in [1.82, 2.24) is 0 Å². The Balaban J connectivity index is 1.97. The molecule has 0 atom stereocenters. The van der Waals surface area contributed by atoms with Crippen LogP contribution in [0.2, 0.25) is 0 Å². The monoisotopic (exact) mass is 311 g/mol. The first kappa shape index (κ1) is 15.4. The lowest BCUT2D eigenvalue weighted by Gasteiger charge is -2.17. The molecule has 0 unspecified atom stereocenters. The third-order valence-corrected chi connectivity index (χ3v) is 4.23. The van der Waals surface area contributed by atoms with Crippen LogP contribution >= 0.6 is 0 Å². The molecule has 0 aliphatic heterocycles. The van der Waals surface area contributed by atoms with Crippen LogP contribution in [0.1, 0.15) is 31.2 Å². The van der Waals surface area contributed by atoms with Crippen LogP contribution in [0.4, 0.5) is 0 Å². The van der Waals surface area contributed by atoms with E-state index in [1.165, 1.54) is 19.1 Å². The molecule has 1 saturated carbocycles. The molecule has 0 heterocycles. The highest BCUT2D eigenvalue weighted by molar-refractivity contribution is 5.90. The molecule has 1 N–H and O–H groups in total. The number of hydrogen-bond acceptors (Lipinski definition) is 4. The van der Waals surface area contributed by atoms with Crippen LogP contribution in [0.25, 0.3) is 11.1 Å². The van der Waals surface area contributed by atoms with Crippen LogP contribution in [0, 0.1) is 0 Å². The van der Waals surface area contributed by atoms with E-state index in [1.807, 2.05) is 42.5 Å². The van der Waals surface area contributed by atoms with Gasteiger partial charge in [0.15, 0.2) is 11.5 Å². The van der Waals surface area contributed by atoms with Crippen LogP contribution in [-0.2, 0) is 0 Å². The van der Waals surface area contributed by atoms with Crippen LogP contribution in [0.3, 0.4) is 0 Å². The topological polar surface area (TPSA) is 51.0 Å². The minimum Gasteiger partial charge on any atom is -0.493 e. The quantitative estimate of drug-likeness (QED) is 0.503. The Hall–Kier alpha value is -2.49. The number of ether oxygens (including phenoxy) is 2. The van der Waals surface area contributed by atoms with Gasteiger partial charge in [-0.3, -0.25) is 0 Å². The first-order chi connectivity index (χ1) is 11.3. The van der Waals surface area contributed by atoms with E-state index in [1.54, 1.807) is 7.11 Å². The Morgan fingerprint density at radius 1 is 1.09 bits per heavy atom. The van der Waals surface area contributed by atoms with Crippen molar-refractivity contribution in [2.24, 2.45) is 5.16 Å². The zero-order chi connectivity index (χ0) is 16.1. The molecule has 1 aliphatic rings. The molecule has 1 aliphatic carbocycles. The van der Waals surface area contributed by atoms with E-state index < -0.39 is 0 Å².